The number of fused-ring (bicyclic) bond motifs is 1. The summed E-state index contributed by atoms with van der Waals surface area (Å²) < 4.78 is 0. The third-order valence-corrected chi connectivity index (χ3v) is 10.2. The molecular weight excluding hydrogens is 691 g/mol. The number of imidazole rings is 1. The highest BCUT2D eigenvalue weighted by Crippen LogP contribution is 2.28. The molecule has 4 aromatic carbocycles. The highest BCUT2D eigenvalue weighted by atomic mass is 16.2. The number of amides is 3. The molecule has 1 aliphatic heterocycles. The first-order valence-electron chi connectivity index (χ1n) is 19.0. The Bertz CT molecular complexity index is 2000. The van der Waals surface area contributed by atoms with Crippen molar-refractivity contribution in [3.63, 3.8) is 0 Å². The first kappa shape index (κ1) is 38.7. The first-order valence-corrected chi connectivity index (χ1v) is 19.0. The Labute approximate surface area is 322 Å². The topological polar surface area (TPSA) is 184 Å². The molecule has 12 heteroatoms. The van der Waals surface area contributed by atoms with Gasteiger partial charge in [0.25, 0.3) is 0 Å². The van der Waals surface area contributed by atoms with Gasteiger partial charge in [0.15, 0.2) is 5.96 Å². The van der Waals surface area contributed by atoms with Crippen LogP contribution < -0.4 is 27.4 Å². The minimum absolute atomic E-state index is 0.00443. The van der Waals surface area contributed by atoms with Crippen molar-refractivity contribution in [3.05, 3.63) is 138 Å². The molecule has 0 saturated carbocycles. The Morgan fingerprint density at radius 2 is 1.60 bits per heavy atom. The number of hydrogen-bond donors (Lipinski definition) is 6. The lowest BCUT2D eigenvalue weighted by atomic mass is 9.90. The Balaban J connectivity index is 1.32. The van der Waals surface area contributed by atoms with Gasteiger partial charge < -0.3 is 37.3 Å². The van der Waals surface area contributed by atoms with Crippen LogP contribution in [-0.2, 0) is 27.2 Å². The molecule has 0 aliphatic carbocycles. The standard InChI is InChI=1S/C43H51N9O3/c1-29(53)49-40(25-35-26-46-28-48-35)41(54)51-39(24-30-18-19-31-11-8-9-16-34(31)23-30)37-20-22-52(42(55)38(50-37)17-10-21-47-43(44)45)27-36(32-12-4-2-5-13-32)33-14-6-3-7-15-33/h2-9,11-16,18-19,23,26,28,36-40,50H,10,17,20-22,24-25,27H2,1H3,(H,46,48)(H,49,53)(H,51,54)(H4,44,45,47)/t37-,38-,39+,40-/m0/s1. The molecule has 8 N–H and O–H groups in total. The molecule has 1 fully saturated rings. The Kier molecular flexibility index (Phi) is 13.3. The molecule has 1 aromatic heterocycles. The largest absolute Gasteiger partial charge is 0.370 e. The monoisotopic (exact) mass is 741 g/mol. The van der Waals surface area contributed by atoms with E-state index in [9.17, 15) is 14.4 Å². The van der Waals surface area contributed by atoms with E-state index in [0.717, 1.165) is 33.2 Å². The highest BCUT2D eigenvalue weighted by Gasteiger charge is 2.36. The van der Waals surface area contributed by atoms with Crippen molar-refractivity contribution in [2.75, 3.05) is 19.6 Å². The van der Waals surface area contributed by atoms with Gasteiger partial charge in [0.05, 0.1) is 12.4 Å². The maximum Gasteiger partial charge on any atom is 0.243 e. The minimum atomic E-state index is -0.839. The maximum atomic E-state index is 14.6. The molecule has 4 atom stereocenters. The summed E-state index contributed by atoms with van der Waals surface area (Å²) >= 11 is 0. The Morgan fingerprint density at radius 3 is 2.25 bits per heavy atom. The second kappa shape index (κ2) is 18.8. The molecule has 3 amide bonds. The Hall–Kier alpha value is -6.01. The van der Waals surface area contributed by atoms with Gasteiger partial charge in [-0.05, 0) is 53.1 Å². The Morgan fingerprint density at radius 1 is 0.909 bits per heavy atom. The van der Waals surface area contributed by atoms with E-state index in [4.69, 9.17) is 11.5 Å². The van der Waals surface area contributed by atoms with Gasteiger partial charge in [0, 0.05) is 62.9 Å². The lowest BCUT2D eigenvalue weighted by molar-refractivity contribution is -0.133. The number of nitrogens with two attached hydrogens (primary N) is 2. The van der Waals surface area contributed by atoms with Crippen molar-refractivity contribution in [1.82, 2.24) is 30.8 Å². The van der Waals surface area contributed by atoms with Crippen molar-refractivity contribution < 1.29 is 14.4 Å². The van der Waals surface area contributed by atoms with Crippen LogP contribution in [0.4, 0.5) is 0 Å². The zero-order valence-electron chi connectivity index (χ0n) is 31.2. The minimum Gasteiger partial charge on any atom is -0.370 e. The number of aromatic nitrogens is 2. The fraction of sp³-hybridized carbons (Fsp3) is 0.326. The molecule has 5 aromatic rings. The van der Waals surface area contributed by atoms with Gasteiger partial charge in [-0.1, -0.05) is 103 Å². The van der Waals surface area contributed by atoms with E-state index in [1.54, 1.807) is 12.5 Å². The zero-order chi connectivity index (χ0) is 38.6. The lowest BCUT2D eigenvalue weighted by Crippen LogP contribution is -2.58. The number of H-pyrrole nitrogens is 1. The summed E-state index contributed by atoms with van der Waals surface area (Å²) in [6, 6.07) is 32.9. The summed E-state index contributed by atoms with van der Waals surface area (Å²) in [4.78, 5) is 54.4. The van der Waals surface area contributed by atoms with Crippen LogP contribution in [0.2, 0.25) is 0 Å². The number of aliphatic imine (C=N–C) groups is 1. The fourth-order valence-corrected chi connectivity index (χ4v) is 7.51. The third-order valence-electron chi connectivity index (χ3n) is 10.2. The molecule has 0 bridgehead atoms. The van der Waals surface area contributed by atoms with Crippen LogP contribution >= 0.6 is 0 Å². The smallest absolute Gasteiger partial charge is 0.243 e. The zero-order valence-corrected chi connectivity index (χ0v) is 31.2. The third kappa shape index (κ3) is 10.8. The maximum absolute atomic E-state index is 14.6. The number of nitrogens with zero attached hydrogens (tertiary/aromatic N) is 3. The van der Waals surface area contributed by atoms with E-state index in [2.05, 4.69) is 85.5 Å². The van der Waals surface area contributed by atoms with E-state index in [0.29, 0.717) is 45.3 Å². The quantitative estimate of drug-likeness (QED) is 0.0505. The molecule has 2 heterocycles. The number of aromatic amines is 1. The predicted molar refractivity (Wildman–Crippen MR) is 216 cm³/mol. The van der Waals surface area contributed by atoms with Gasteiger partial charge in [-0.25, -0.2) is 4.98 Å². The molecule has 55 heavy (non-hydrogen) atoms. The number of benzene rings is 4. The summed E-state index contributed by atoms with van der Waals surface area (Å²) in [7, 11) is 0. The van der Waals surface area contributed by atoms with Gasteiger partial charge in [0.1, 0.15) is 6.04 Å². The van der Waals surface area contributed by atoms with Gasteiger partial charge in [-0.3, -0.25) is 19.4 Å². The van der Waals surface area contributed by atoms with E-state index in [1.807, 2.05) is 53.4 Å². The van der Waals surface area contributed by atoms with Crippen molar-refractivity contribution in [2.45, 2.75) is 69.1 Å². The lowest BCUT2D eigenvalue weighted by Gasteiger charge is -2.31. The predicted octanol–water partition coefficient (Wildman–Crippen LogP) is 3.78. The molecule has 0 radical (unpaired) electrons. The van der Waals surface area contributed by atoms with Gasteiger partial charge in [0.2, 0.25) is 17.7 Å². The molecule has 0 unspecified atom stereocenters. The average Bonchev–Trinajstić information content (AvgIpc) is 3.65. The average molecular weight is 742 g/mol. The van der Waals surface area contributed by atoms with Crippen LogP contribution in [-0.4, -0.2) is 82.4 Å². The van der Waals surface area contributed by atoms with Crippen molar-refractivity contribution in [3.8, 4) is 0 Å². The molecule has 12 nitrogen and oxygen atoms in total. The second-order valence-electron chi connectivity index (χ2n) is 14.3. The van der Waals surface area contributed by atoms with Gasteiger partial charge in [-0.15, -0.1) is 0 Å². The van der Waals surface area contributed by atoms with Crippen LogP contribution in [0.25, 0.3) is 10.8 Å². The number of rotatable bonds is 16. The summed E-state index contributed by atoms with van der Waals surface area (Å²) in [5.74, 6) is -0.668. The summed E-state index contributed by atoms with van der Waals surface area (Å²) in [6.07, 6.45) is 5.59. The molecule has 0 spiro atoms. The highest BCUT2D eigenvalue weighted by molar-refractivity contribution is 5.87. The van der Waals surface area contributed by atoms with Crippen molar-refractivity contribution in [2.24, 2.45) is 16.5 Å². The SMILES string of the molecule is CC(=O)N[C@@H](Cc1cnc[nH]1)C(=O)N[C@H](Cc1ccc2ccccc2c1)[C@@H]1CCN(CC(c2ccccc2)c2ccccc2)C(=O)[C@H](CCCN=C(N)N)N1. The molecule has 6 rings (SSSR count). The summed E-state index contributed by atoms with van der Waals surface area (Å²) in [5, 5.41) is 12.1. The molecular formula is C43H51N9O3. The van der Waals surface area contributed by atoms with Gasteiger partial charge >= 0.3 is 0 Å². The number of carbonyl (C=O) groups is 3. The normalized spacial score (nSPS) is 17.0. The van der Waals surface area contributed by atoms with E-state index in [1.165, 1.54) is 6.92 Å². The van der Waals surface area contributed by atoms with Crippen molar-refractivity contribution in [1.29, 1.82) is 0 Å². The number of nitrogens with one attached hydrogen (secondary N) is 4. The van der Waals surface area contributed by atoms with Crippen LogP contribution in [0, 0.1) is 0 Å². The molecule has 1 aliphatic rings. The summed E-state index contributed by atoms with van der Waals surface area (Å²) in [6.45, 7) is 2.75. The molecule has 1 saturated heterocycles. The van der Waals surface area contributed by atoms with Crippen LogP contribution in [0.3, 0.4) is 0 Å². The van der Waals surface area contributed by atoms with Gasteiger partial charge in [-0.2, -0.15) is 0 Å². The number of carbonyl (C=O) groups excluding carboxylic acids is 3. The second-order valence-corrected chi connectivity index (χ2v) is 14.3. The number of guanidine groups is 1. The number of hydrogen-bond acceptors (Lipinski definition) is 6. The molecule has 286 valence electrons. The summed E-state index contributed by atoms with van der Waals surface area (Å²) in [5.41, 5.74) is 15.3. The first-order chi connectivity index (χ1) is 26.7. The van der Waals surface area contributed by atoms with Crippen molar-refractivity contribution >= 4 is 34.5 Å². The van der Waals surface area contributed by atoms with E-state index < -0.39 is 18.1 Å². The van der Waals surface area contributed by atoms with Crippen LogP contribution in [0.15, 0.2) is 121 Å². The van der Waals surface area contributed by atoms with E-state index in [-0.39, 0.29) is 42.1 Å². The van der Waals surface area contributed by atoms with Crippen LogP contribution in [0.1, 0.15) is 54.5 Å². The van der Waals surface area contributed by atoms with E-state index >= 15 is 0 Å². The van der Waals surface area contributed by atoms with Crippen LogP contribution in [0.5, 0.6) is 0 Å². The fourth-order valence-electron chi connectivity index (χ4n) is 7.51.